The predicted molar refractivity (Wildman–Crippen MR) is 310 cm³/mol. The number of rotatable bonds is 43. The van der Waals surface area contributed by atoms with Crippen molar-refractivity contribution in [2.24, 2.45) is 9.98 Å². The number of anilines is 2. The minimum absolute atomic E-state index is 0.952. The summed E-state index contributed by atoms with van der Waals surface area (Å²) in [5.74, 6) is 0. The number of aryl methyl sites for hydroxylation is 1. The average Bonchev–Trinajstić information content (AvgIpc) is 3.35. The van der Waals surface area contributed by atoms with E-state index >= 15 is 0 Å². The van der Waals surface area contributed by atoms with Gasteiger partial charge in [0.1, 0.15) is 0 Å². The highest BCUT2D eigenvalue weighted by Crippen LogP contribution is 2.35. The maximum absolute atomic E-state index is 5.92. The quantitative estimate of drug-likeness (QED) is 0.0377. The van der Waals surface area contributed by atoms with Gasteiger partial charge >= 0.3 is 0 Å². The van der Waals surface area contributed by atoms with Gasteiger partial charge in [-0.25, -0.2) is 0 Å². The van der Waals surface area contributed by atoms with Crippen molar-refractivity contribution in [1.82, 2.24) is 0 Å². The van der Waals surface area contributed by atoms with Crippen molar-refractivity contribution in [3.05, 3.63) is 83.5 Å². The standard InChI is InChI=1S/C64H108N4/c1-10-17-22-27-31-34-37-41-46-56-51-53-60(59(48-43-39-36-33-29-24-19-12-3)58(56)47-42-38-35-32-28-23-18-11-2)66-62(50-44-26-21-14-5)61(49-45-40-30-25-20-13-4)65-57-52-54-63(67(8)15-6)64(55-57)68(9)16-7/h31-36,51-55H,10-30,37-50H2,1-9H3/b34-31+,35-32+,36-33+,65-61?,66-62?. The first kappa shape index (κ1) is 60.7. The fraction of sp³-hybridized carbons (Fsp3) is 0.688. The lowest BCUT2D eigenvalue weighted by atomic mass is 9.89. The van der Waals surface area contributed by atoms with E-state index in [1.165, 1.54) is 175 Å². The van der Waals surface area contributed by atoms with Crippen molar-refractivity contribution in [3.63, 3.8) is 0 Å². The molecule has 0 aromatic heterocycles. The molecule has 384 valence electrons. The Morgan fingerprint density at radius 3 is 1.32 bits per heavy atom. The lowest BCUT2D eigenvalue weighted by molar-refractivity contribution is 0.616. The van der Waals surface area contributed by atoms with Crippen LogP contribution in [0.4, 0.5) is 22.7 Å². The molecule has 0 N–H and O–H groups in total. The van der Waals surface area contributed by atoms with Gasteiger partial charge in [0.05, 0.1) is 34.2 Å². The van der Waals surface area contributed by atoms with Crippen LogP contribution in [0.25, 0.3) is 0 Å². The van der Waals surface area contributed by atoms with E-state index in [9.17, 15) is 0 Å². The second-order valence-electron chi connectivity index (χ2n) is 19.9. The summed E-state index contributed by atoms with van der Waals surface area (Å²) < 4.78 is 0. The van der Waals surface area contributed by atoms with Crippen molar-refractivity contribution in [1.29, 1.82) is 0 Å². The molecule has 0 atom stereocenters. The zero-order valence-corrected chi connectivity index (χ0v) is 46.4. The predicted octanol–water partition coefficient (Wildman–Crippen LogP) is 20.5. The lowest BCUT2D eigenvalue weighted by Crippen LogP contribution is -2.22. The van der Waals surface area contributed by atoms with Crippen LogP contribution in [-0.4, -0.2) is 38.6 Å². The summed E-state index contributed by atoms with van der Waals surface area (Å²) in [7, 11) is 4.42. The SMILES string of the molecule is CCCCC/C=C/CCCc1ccc(N=C(CCCCCC)C(CCCCCCCC)=Nc2ccc(N(C)CC)c(N(C)CC)c2)c(CCC/C=C/CCCCC)c1CCC/C=C/CCCCC. The minimum atomic E-state index is 0.952. The molecule has 0 aliphatic carbocycles. The maximum Gasteiger partial charge on any atom is 0.0668 e. The van der Waals surface area contributed by atoms with E-state index in [2.05, 4.69) is 139 Å². The fourth-order valence-electron chi connectivity index (χ4n) is 9.28. The molecule has 0 radical (unpaired) electrons. The average molecular weight is 934 g/mol. The largest absolute Gasteiger partial charge is 0.373 e. The number of unbranched alkanes of at least 4 members (excludes halogenated alkanes) is 20. The van der Waals surface area contributed by atoms with Gasteiger partial charge in [0.2, 0.25) is 0 Å². The van der Waals surface area contributed by atoms with Crippen molar-refractivity contribution in [2.45, 2.75) is 260 Å². The molecule has 0 spiro atoms. The summed E-state index contributed by atoms with van der Waals surface area (Å²) >= 11 is 0. The van der Waals surface area contributed by atoms with E-state index < -0.39 is 0 Å². The molecule has 2 aromatic carbocycles. The van der Waals surface area contributed by atoms with Gasteiger partial charge in [-0.15, -0.1) is 0 Å². The summed E-state index contributed by atoms with van der Waals surface area (Å²) in [5, 5.41) is 0. The van der Waals surface area contributed by atoms with Gasteiger partial charge in [-0.05, 0) is 177 Å². The molecule has 0 heterocycles. The van der Waals surface area contributed by atoms with Gasteiger partial charge in [-0.3, -0.25) is 9.98 Å². The first-order valence-electron chi connectivity index (χ1n) is 29.2. The lowest BCUT2D eigenvalue weighted by Gasteiger charge is -2.26. The smallest absolute Gasteiger partial charge is 0.0668 e. The van der Waals surface area contributed by atoms with Crippen LogP contribution in [0.5, 0.6) is 0 Å². The molecule has 2 rings (SSSR count). The van der Waals surface area contributed by atoms with Crippen molar-refractivity contribution < 1.29 is 0 Å². The fourth-order valence-corrected chi connectivity index (χ4v) is 9.28. The van der Waals surface area contributed by atoms with E-state index in [0.717, 1.165) is 89.4 Å². The highest BCUT2D eigenvalue weighted by atomic mass is 15.2. The van der Waals surface area contributed by atoms with Crippen LogP contribution in [0.3, 0.4) is 0 Å². The maximum atomic E-state index is 5.92. The van der Waals surface area contributed by atoms with Gasteiger partial charge in [-0.2, -0.15) is 0 Å². The molecule has 4 nitrogen and oxygen atoms in total. The molecule has 0 amide bonds. The van der Waals surface area contributed by atoms with E-state index in [1.807, 2.05) is 0 Å². The molecule has 0 saturated carbocycles. The Labute approximate surface area is 423 Å². The summed E-state index contributed by atoms with van der Waals surface area (Å²) in [6.45, 7) is 17.9. The van der Waals surface area contributed by atoms with E-state index in [4.69, 9.17) is 9.98 Å². The summed E-state index contributed by atoms with van der Waals surface area (Å²) in [5.41, 5.74) is 11.9. The number of aliphatic imine (C=N–C) groups is 2. The molecule has 0 unspecified atom stereocenters. The Morgan fingerprint density at radius 2 is 0.809 bits per heavy atom. The second kappa shape index (κ2) is 41.4. The Balaban J connectivity index is 2.83. The molecule has 4 heteroatoms. The van der Waals surface area contributed by atoms with Crippen molar-refractivity contribution >= 4 is 34.2 Å². The summed E-state index contributed by atoms with van der Waals surface area (Å²) in [4.78, 5) is 16.3. The van der Waals surface area contributed by atoms with Crippen LogP contribution in [-0.2, 0) is 19.3 Å². The third kappa shape index (κ3) is 26.5. The second-order valence-corrected chi connectivity index (χ2v) is 19.9. The molecule has 0 aliphatic rings. The molecule has 0 saturated heterocycles. The molecular formula is C64H108N4. The van der Waals surface area contributed by atoms with Crippen molar-refractivity contribution in [2.75, 3.05) is 37.0 Å². The van der Waals surface area contributed by atoms with Crippen LogP contribution in [0, 0.1) is 0 Å². The Bertz CT molecular complexity index is 1690. The van der Waals surface area contributed by atoms with Crippen LogP contribution in [0.2, 0.25) is 0 Å². The first-order valence-corrected chi connectivity index (χ1v) is 29.2. The molecule has 0 aliphatic heterocycles. The van der Waals surface area contributed by atoms with Gasteiger partial charge < -0.3 is 9.80 Å². The summed E-state index contributed by atoms with van der Waals surface area (Å²) in [6.07, 6.45) is 55.1. The molecule has 2 aromatic rings. The van der Waals surface area contributed by atoms with Gasteiger partial charge in [0.15, 0.2) is 0 Å². The van der Waals surface area contributed by atoms with Gasteiger partial charge in [0, 0.05) is 27.2 Å². The monoisotopic (exact) mass is 933 g/mol. The van der Waals surface area contributed by atoms with Gasteiger partial charge in [-0.1, -0.05) is 167 Å². The minimum Gasteiger partial charge on any atom is -0.373 e. The zero-order valence-electron chi connectivity index (χ0n) is 46.4. The summed E-state index contributed by atoms with van der Waals surface area (Å²) in [6, 6.07) is 11.8. The number of hydrogen-bond donors (Lipinski definition) is 0. The zero-order chi connectivity index (χ0) is 49.3. The van der Waals surface area contributed by atoms with Crippen LogP contribution < -0.4 is 9.80 Å². The van der Waals surface area contributed by atoms with E-state index in [0.29, 0.717) is 0 Å². The molecular weight excluding hydrogens is 825 g/mol. The normalized spacial score (nSPS) is 12.5. The van der Waals surface area contributed by atoms with E-state index in [1.54, 1.807) is 11.1 Å². The topological polar surface area (TPSA) is 31.2 Å². The Kier molecular flexibility index (Phi) is 37.0. The van der Waals surface area contributed by atoms with Crippen LogP contribution in [0.1, 0.15) is 258 Å². The number of nitrogens with zero attached hydrogens (tertiary/aromatic N) is 4. The highest BCUT2D eigenvalue weighted by Gasteiger charge is 2.18. The molecule has 0 bridgehead atoms. The molecule has 0 fully saturated rings. The molecule has 68 heavy (non-hydrogen) atoms. The van der Waals surface area contributed by atoms with Crippen LogP contribution >= 0.6 is 0 Å². The van der Waals surface area contributed by atoms with Crippen LogP contribution in [0.15, 0.2) is 76.8 Å². The Morgan fingerprint density at radius 1 is 0.397 bits per heavy atom. The van der Waals surface area contributed by atoms with Gasteiger partial charge in [0.25, 0.3) is 0 Å². The third-order valence-corrected chi connectivity index (χ3v) is 14.0. The first-order chi connectivity index (χ1) is 33.4. The number of benzene rings is 2. The number of allylic oxidation sites excluding steroid dienone is 6. The highest BCUT2D eigenvalue weighted by molar-refractivity contribution is 6.43. The Hall–Kier alpha value is -3.40. The van der Waals surface area contributed by atoms with Crippen molar-refractivity contribution in [3.8, 4) is 0 Å². The third-order valence-electron chi connectivity index (χ3n) is 14.0. The van der Waals surface area contributed by atoms with E-state index in [-0.39, 0.29) is 0 Å². The number of hydrogen-bond acceptors (Lipinski definition) is 4.